The molecule has 0 saturated heterocycles. The van der Waals surface area contributed by atoms with E-state index in [1.807, 2.05) is 37.3 Å². The molecular formula is C17H14N2O2. The summed E-state index contributed by atoms with van der Waals surface area (Å²) in [5.74, 6) is 0.253. The predicted molar refractivity (Wildman–Crippen MR) is 80.6 cm³/mol. The number of benzene rings is 2. The predicted octanol–water partition coefficient (Wildman–Crippen LogP) is 3.42. The van der Waals surface area contributed by atoms with E-state index in [9.17, 15) is 4.79 Å². The highest BCUT2D eigenvalue weighted by Crippen LogP contribution is 2.31. The van der Waals surface area contributed by atoms with Gasteiger partial charge in [0.2, 0.25) is 5.91 Å². The lowest BCUT2D eigenvalue weighted by atomic mass is 9.93. The molecule has 21 heavy (non-hydrogen) atoms. The molecule has 0 saturated carbocycles. The Bertz CT molecular complexity index is 792. The Balaban J connectivity index is 2.19. The monoisotopic (exact) mass is 278 g/mol. The molecule has 2 N–H and O–H groups in total. The summed E-state index contributed by atoms with van der Waals surface area (Å²) in [6.45, 7) is 2.00. The van der Waals surface area contributed by atoms with Crippen molar-refractivity contribution in [1.82, 2.24) is 5.16 Å². The van der Waals surface area contributed by atoms with Crippen molar-refractivity contribution >= 4 is 5.91 Å². The van der Waals surface area contributed by atoms with E-state index in [1.54, 1.807) is 24.4 Å². The van der Waals surface area contributed by atoms with Crippen LogP contribution in [0.1, 0.15) is 15.9 Å². The van der Waals surface area contributed by atoms with Crippen molar-refractivity contribution in [3.05, 3.63) is 65.9 Å². The number of aryl methyl sites for hydroxylation is 1. The fourth-order valence-corrected chi connectivity index (χ4v) is 2.36. The summed E-state index contributed by atoms with van der Waals surface area (Å²) in [5, 5.41) is 3.72. The molecule has 0 fully saturated rings. The minimum Gasteiger partial charge on any atom is -0.366 e. The van der Waals surface area contributed by atoms with Crippen LogP contribution < -0.4 is 5.73 Å². The maximum absolute atomic E-state index is 11.6. The van der Waals surface area contributed by atoms with Gasteiger partial charge < -0.3 is 10.3 Å². The summed E-state index contributed by atoms with van der Waals surface area (Å²) >= 11 is 0. The summed E-state index contributed by atoms with van der Waals surface area (Å²) in [5.41, 5.74) is 9.73. The van der Waals surface area contributed by atoms with Crippen molar-refractivity contribution in [3.8, 4) is 22.5 Å². The summed E-state index contributed by atoms with van der Waals surface area (Å²) < 4.78 is 5.19. The molecule has 4 heteroatoms. The van der Waals surface area contributed by atoms with Gasteiger partial charge in [0.05, 0.1) is 6.20 Å². The summed E-state index contributed by atoms with van der Waals surface area (Å²) in [6.07, 6.45) is 1.60. The largest absolute Gasteiger partial charge is 0.366 e. The van der Waals surface area contributed by atoms with E-state index in [2.05, 4.69) is 5.16 Å². The molecule has 1 amide bonds. The number of amides is 1. The molecule has 1 aromatic heterocycles. The van der Waals surface area contributed by atoms with Crippen LogP contribution in [0.2, 0.25) is 0 Å². The average Bonchev–Trinajstić information content (AvgIpc) is 3.02. The molecule has 2 aromatic carbocycles. The summed E-state index contributed by atoms with van der Waals surface area (Å²) in [6, 6.07) is 15.1. The van der Waals surface area contributed by atoms with Crippen molar-refractivity contribution in [2.45, 2.75) is 6.92 Å². The van der Waals surface area contributed by atoms with Crippen molar-refractivity contribution in [2.75, 3.05) is 0 Å². The lowest BCUT2D eigenvalue weighted by Gasteiger charge is -2.11. The molecule has 4 nitrogen and oxygen atoms in total. The highest BCUT2D eigenvalue weighted by atomic mass is 16.5. The van der Waals surface area contributed by atoms with Gasteiger partial charge in [0.1, 0.15) is 0 Å². The van der Waals surface area contributed by atoms with Crippen LogP contribution in [0.3, 0.4) is 0 Å². The first-order chi connectivity index (χ1) is 10.2. The number of rotatable bonds is 3. The lowest BCUT2D eigenvalue weighted by molar-refractivity contribution is 0.100. The number of carbonyl (C=O) groups is 1. The van der Waals surface area contributed by atoms with Crippen molar-refractivity contribution in [2.24, 2.45) is 5.73 Å². The Hall–Kier alpha value is -2.88. The molecule has 3 aromatic rings. The molecule has 0 aliphatic carbocycles. The van der Waals surface area contributed by atoms with Gasteiger partial charge in [-0.1, -0.05) is 35.5 Å². The standard InChI is InChI=1S/C17H14N2O2/c1-11-6-7-12(16-8-9-19-21-16)10-15(11)13-4-2-3-5-14(13)17(18)20/h2-10H,1H3,(H2,18,20). The number of nitrogens with zero attached hydrogens (tertiary/aromatic N) is 1. The summed E-state index contributed by atoms with van der Waals surface area (Å²) in [4.78, 5) is 11.6. The first kappa shape index (κ1) is 13.1. The lowest BCUT2D eigenvalue weighted by Crippen LogP contribution is -2.12. The van der Waals surface area contributed by atoms with Gasteiger partial charge in [0.25, 0.3) is 0 Å². The van der Waals surface area contributed by atoms with Crippen LogP contribution in [-0.2, 0) is 0 Å². The van der Waals surface area contributed by atoms with Crippen LogP contribution in [0, 0.1) is 6.92 Å². The second-order valence-electron chi connectivity index (χ2n) is 4.82. The molecule has 3 rings (SSSR count). The van der Waals surface area contributed by atoms with Gasteiger partial charge in [-0.2, -0.15) is 0 Å². The third-order valence-corrected chi connectivity index (χ3v) is 3.44. The number of nitrogens with two attached hydrogens (primary N) is 1. The quantitative estimate of drug-likeness (QED) is 0.798. The van der Waals surface area contributed by atoms with Gasteiger partial charge in [0, 0.05) is 17.2 Å². The molecule has 0 unspecified atom stereocenters. The Labute approximate surface area is 122 Å². The van der Waals surface area contributed by atoms with E-state index < -0.39 is 5.91 Å². The highest BCUT2D eigenvalue weighted by molar-refractivity contribution is 6.00. The Morgan fingerprint density at radius 3 is 2.62 bits per heavy atom. The zero-order chi connectivity index (χ0) is 14.8. The number of carbonyl (C=O) groups excluding carboxylic acids is 1. The highest BCUT2D eigenvalue weighted by Gasteiger charge is 2.13. The van der Waals surface area contributed by atoms with E-state index in [1.165, 1.54) is 0 Å². The van der Waals surface area contributed by atoms with E-state index in [-0.39, 0.29) is 0 Å². The molecule has 0 aliphatic rings. The van der Waals surface area contributed by atoms with Crippen LogP contribution in [0.5, 0.6) is 0 Å². The van der Waals surface area contributed by atoms with E-state index in [0.29, 0.717) is 11.3 Å². The molecule has 0 radical (unpaired) electrons. The first-order valence-electron chi connectivity index (χ1n) is 6.58. The van der Waals surface area contributed by atoms with Gasteiger partial charge in [-0.05, 0) is 35.7 Å². The van der Waals surface area contributed by atoms with Gasteiger partial charge in [-0.25, -0.2) is 0 Å². The number of hydrogen-bond donors (Lipinski definition) is 1. The molecule has 0 bridgehead atoms. The van der Waals surface area contributed by atoms with Gasteiger partial charge in [-0.3, -0.25) is 4.79 Å². The Morgan fingerprint density at radius 1 is 1.10 bits per heavy atom. The average molecular weight is 278 g/mol. The zero-order valence-electron chi connectivity index (χ0n) is 11.5. The normalized spacial score (nSPS) is 10.5. The first-order valence-corrected chi connectivity index (χ1v) is 6.58. The van der Waals surface area contributed by atoms with E-state index in [4.69, 9.17) is 10.3 Å². The fourth-order valence-electron chi connectivity index (χ4n) is 2.36. The number of hydrogen-bond acceptors (Lipinski definition) is 3. The maximum Gasteiger partial charge on any atom is 0.249 e. The molecular weight excluding hydrogens is 264 g/mol. The topological polar surface area (TPSA) is 69.1 Å². The van der Waals surface area contributed by atoms with Gasteiger partial charge in [0.15, 0.2) is 5.76 Å². The van der Waals surface area contributed by atoms with Crippen LogP contribution in [-0.4, -0.2) is 11.1 Å². The zero-order valence-corrected chi connectivity index (χ0v) is 11.5. The van der Waals surface area contributed by atoms with E-state index >= 15 is 0 Å². The van der Waals surface area contributed by atoms with E-state index in [0.717, 1.165) is 22.3 Å². The Kier molecular flexibility index (Phi) is 3.28. The molecule has 1 heterocycles. The maximum atomic E-state index is 11.6. The SMILES string of the molecule is Cc1ccc(-c2ccno2)cc1-c1ccccc1C(N)=O. The smallest absolute Gasteiger partial charge is 0.249 e. The molecule has 0 atom stereocenters. The van der Waals surface area contributed by atoms with Crippen molar-refractivity contribution in [1.29, 1.82) is 0 Å². The minimum absolute atomic E-state index is 0.435. The van der Waals surface area contributed by atoms with Gasteiger partial charge in [-0.15, -0.1) is 0 Å². The second kappa shape index (κ2) is 5.25. The van der Waals surface area contributed by atoms with Crippen LogP contribution >= 0.6 is 0 Å². The molecule has 0 aliphatic heterocycles. The van der Waals surface area contributed by atoms with Crippen LogP contribution in [0.25, 0.3) is 22.5 Å². The van der Waals surface area contributed by atoms with Crippen LogP contribution in [0.15, 0.2) is 59.3 Å². The number of aromatic nitrogens is 1. The van der Waals surface area contributed by atoms with Crippen molar-refractivity contribution in [3.63, 3.8) is 0 Å². The fraction of sp³-hybridized carbons (Fsp3) is 0.0588. The van der Waals surface area contributed by atoms with Crippen LogP contribution in [0.4, 0.5) is 0 Å². The molecule has 104 valence electrons. The molecule has 0 spiro atoms. The third-order valence-electron chi connectivity index (χ3n) is 3.44. The van der Waals surface area contributed by atoms with Gasteiger partial charge >= 0.3 is 0 Å². The second-order valence-corrected chi connectivity index (χ2v) is 4.82. The minimum atomic E-state index is -0.435. The Morgan fingerprint density at radius 2 is 1.90 bits per heavy atom. The van der Waals surface area contributed by atoms with Crippen molar-refractivity contribution < 1.29 is 9.32 Å². The third kappa shape index (κ3) is 2.43. The number of primary amides is 1. The summed E-state index contributed by atoms with van der Waals surface area (Å²) in [7, 11) is 0.